The van der Waals surface area contributed by atoms with E-state index >= 15 is 0 Å². The van der Waals surface area contributed by atoms with Crippen LogP contribution < -0.4 is 5.32 Å². The summed E-state index contributed by atoms with van der Waals surface area (Å²) in [5.74, 6) is 0.943. The van der Waals surface area contributed by atoms with Crippen molar-refractivity contribution in [3.8, 4) is 0 Å². The lowest BCUT2D eigenvalue weighted by Crippen LogP contribution is -2.44. The van der Waals surface area contributed by atoms with E-state index in [2.05, 4.69) is 5.32 Å². The minimum atomic E-state index is -0.448. The van der Waals surface area contributed by atoms with Crippen LogP contribution >= 0.6 is 11.8 Å². The van der Waals surface area contributed by atoms with Crippen LogP contribution in [0.5, 0.6) is 0 Å². The zero-order valence-corrected chi connectivity index (χ0v) is 16.4. The van der Waals surface area contributed by atoms with Gasteiger partial charge in [0.15, 0.2) is 0 Å². The molecule has 1 N–H and O–H groups in total. The number of thioether (sulfide) groups is 1. The van der Waals surface area contributed by atoms with Crippen LogP contribution in [0.4, 0.5) is 5.69 Å². The normalized spacial score (nSPS) is 16.6. The number of nitrogens with zero attached hydrogens (tertiary/aromatic N) is 1. The van der Waals surface area contributed by atoms with E-state index < -0.39 is 6.04 Å². The molecule has 0 aliphatic carbocycles. The summed E-state index contributed by atoms with van der Waals surface area (Å²) in [5, 5.41) is 2.96. The van der Waals surface area contributed by atoms with Crippen molar-refractivity contribution in [1.29, 1.82) is 0 Å². The third-order valence-corrected chi connectivity index (χ3v) is 5.99. The molecule has 2 amide bonds. The van der Waals surface area contributed by atoms with Gasteiger partial charge in [0, 0.05) is 17.0 Å². The van der Waals surface area contributed by atoms with Crippen molar-refractivity contribution < 1.29 is 9.59 Å². The third kappa shape index (κ3) is 3.78. The van der Waals surface area contributed by atoms with Gasteiger partial charge in [0.1, 0.15) is 6.04 Å². The first-order valence-electron chi connectivity index (χ1n) is 8.71. The minimum Gasteiger partial charge on any atom is -0.324 e. The number of carbonyl (C=O) groups is 2. The zero-order chi connectivity index (χ0) is 18.8. The predicted molar refractivity (Wildman–Crippen MR) is 108 cm³/mol. The van der Waals surface area contributed by atoms with Gasteiger partial charge >= 0.3 is 0 Å². The minimum absolute atomic E-state index is 0.0849. The molecule has 5 heteroatoms. The zero-order valence-electron chi connectivity index (χ0n) is 15.6. The summed E-state index contributed by atoms with van der Waals surface area (Å²) >= 11 is 1.61. The maximum absolute atomic E-state index is 12.9. The number of anilines is 1. The maximum atomic E-state index is 12.9. The smallest absolute Gasteiger partial charge is 0.255 e. The van der Waals surface area contributed by atoms with Gasteiger partial charge in [-0.15, -0.1) is 11.8 Å². The van der Waals surface area contributed by atoms with Crippen LogP contribution in [0.1, 0.15) is 32.6 Å². The summed E-state index contributed by atoms with van der Waals surface area (Å²) in [5.41, 5.74) is 5.96. The van der Waals surface area contributed by atoms with Crippen LogP contribution in [-0.2, 0) is 4.79 Å². The van der Waals surface area contributed by atoms with Crippen LogP contribution in [0, 0.1) is 27.7 Å². The lowest BCUT2D eigenvalue weighted by Gasteiger charge is -2.23. The van der Waals surface area contributed by atoms with Gasteiger partial charge in [0.05, 0.1) is 5.88 Å². The highest BCUT2D eigenvalue weighted by Gasteiger charge is 2.35. The first-order chi connectivity index (χ1) is 12.4. The number of hydrogen-bond donors (Lipinski definition) is 1. The highest BCUT2D eigenvalue weighted by atomic mass is 32.2. The summed E-state index contributed by atoms with van der Waals surface area (Å²) in [6, 6.07) is 11.1. The summed E-state index contributed by atoms with van der Waals surface area (Å²) in [7, 11) is 0. The lowest BCUT2D eigenvalue weighted by atomic mass is 10.1. The Balaban J connectivity index is 1.76. The molecule has 2 aromatic carbocycles. The van der Waals surface area contributed by atoms with Gasteiger partial charge in [0.2, 0.25) is 5.91 Å². The number of aryl methyl sites for hydroxylation is 4. The molecule has 1 aliphatic rings. The highest BCUT2D eigenvalue weighted by molar-refractivity contribution is 7.99. The second-order valence-electron chi connectivity index (χ2n) is 6.88. The lowest BCUT2D eigenvalue weighted by molar-refractivity contribution is -0.119. The van der Waals surface area contributed by atoms with Crippen molar-refractivity contribution in [2.75, 3.05) is 16.9 Å². The average Bonchev–Trinajstić information content (AvgIpc) is 3.10. The van der Waals surface area contributed by atoms with Gasteiger partial charge in [-0.1, -0.05) is 12.1 Å². The fourth-order valence-corrected chi connectivity index (χ4v) is 4.10. The van der Waals surface area contributed by atoms with Crippen LogP contribution in [0.25, 0.3) is 0 Å². The average molecular weight is 369 g/mol. The molecule has 1 saturated heterocycles. The Morgan fingerprint density at radius 1 is 0.962 bits per heavy atom. The van der Waals surface area contributed by atoms with Crippen LogP contribution in [0.3, 0.4) is 0 Å². The fraction of sp³-hybridized carbons (Fsp3) is 0.333. The molecule has 26 heavy (non-hydrogen) atoms. The van der Waals surface area contributed by atoms with Crippen LogP contribution in [0.15, 0.2) is 36.4 Å². The van der Waals surface area contributed by atoms with Gasteiger partial charge in [-0.05, 0) is 74.2 Å². The number of amides is 2. The Hall–Kier alpha value is -2.27. The molecule has 2 aromatic rings. The monoisotopic (exact) mass is 368 g/mol. The van der Waals surface area contributed by atoms with Crippen molar-refractivity contribution in [3.63, 3.8) is 0 Å². The molecule has 0 saturated carbocycles. The van der Waals surface area contributed by atoms with Crippen molar-refractivity contribution in [2.45, 2.75) is 33.7 Å². The summed E-state index contributed by atoms with van der Waals surface area (Å²) in [6.45, 7) is 8.08. The van der Waals surface area contributed by atoms with Crippen LogP contribution in [-0.4, -0.2) is 34.4 Å². The van der Waals surface area contributed by atoms with E-state index in [1.54, 1.807) is 16.7 Å². The molecule has 4 nitrogen and oxygen atoms in total. The van der Waals surface area contributed by atoms with E-state index in [1.807, 2.05) is 64.1 Å². The third-order valence-electron chi connectivity index (χ3n) is 4.97. The quantitative estimate of drug-likeness (QED) is 0.888. The molecule has 0 radical (unpaired) electrons. The van der Waals surface area contributed by atoms with Gasteiger partial charge in [-0.3, -0.25) is 9.59 Å². The van der Waals surface area contributed by atoms with Gasteiger partial charge in [-0.2, -0.15) is 0 Å². The Morgan fingerprint density at radius 3 is 2.27 bits per heavy atom. The fourth-order valence-electron chi connectivity index (χ4n) is 2.95. The number of rotatable bonds is 3. The molecule has 0 bridgehead atoms. The van der Waals surface area contributed by atoms with E-state index in [4.69, 9.17) is 0 Å². The van der Waals surface area contributed by atoms with E-state index in [0.717, 1.165) is 22.4 Å². The first-order valence-corrected chi connectivity index (χ1v) is 9.86. The Morgan fingerprint density at radius 2 is 1.62 bits per heavy atom. The molecule has 0 spiro atoms. The maximum Gasteiger partial charge on any atom is 0.255 e. The Labute approximate surface area is 159 Å². The van der Waals surface area contributed by atoms with Gasteiger partial charge in [0.25, 0.3) is 5.91 Å². The van der Waals surface area contributed by atoms with Crippen LogP contribution in [0.2, 0.25) is 0 Å². The molecule has 1 fully saturated rings. The van der Waals surface area contributed by atoms with Crippen molar-refractivity contribution in [1.82, 2.24) is 4.90 Å². The number of carbonyl (C=O) groups excluding carboxylic acids is 2. The molecule has 1 atom stereocenters. The molecule has 136 valence electrons. The second-order valence-corrected chi connectivity index (χ2v) is 7.88. The first kappa shape index (κ1) is 18.5. The number of benzene rings is 2. The van der Waals surface area contributed by atoms with E-state index in [9.17, 15) is 9.59 Å². The molecule has 1 heterocycles. The summed E-state index contributed by atoms with van der Waals surface area (Å²) in [4.78, 5) is 27.3. The van der Waals surface area contributed by atoms with Gasteiger partial charge in [-0.25, -0.2) is 0 Å². The Bertz CT molecular complexity index is 863. The molecule has 3 rings (SSSR count). The molecule has 0 aromatic heterocycles. The summed E-state index contributed by atoms with van der Waals surface area (Å²) < 4.78 is 0. The Kier molecular flexibility index (Phi) is 5.37. The molecule has 1 unspecified atom stereocenters. The van der Waals surface area contributed by atoms with Crippen molar-refractivity contribution in [3.05, 3.63) is 64.2 Å². The number of nitrogens with one attached hydrogen (secondary N) is 1. The SMILES string of the molecule is Cc1ccc(NC(=O)C2CSCN2C(=O)c2ccc(C)c(C)c2)cc1C. The molecule has 1 aliphatic heterocycles. The highest BCUT2D eigenvalue weighted by Crippen LogP contribution is 2.25. The van der Waals surface area contributed by atoms with Crippen molar-refractivity contribution >= 4 is 29.3 Å². The topological polar surface area (TPSA) is 49.4 Å². The van der Waals surface area contributed by atoms with E-state index in [0.29, 0.717) is 17.2 Å². The standard InChI is InChI=1S/C21H24N2O2S/c1-13-5-7-17(9-15(13)3)21(25)23-12-26-11-19(23)20(24)22-18-8-6-14(2)16(4)10-18/h5-10,19H,11-12H2,1-4H3,(H,22,24). The van der Waals surface area contributed by atoms with E-state index in [1.165, 1.54) is 5.56 Å². The van der Waals surface area contributed by atoms with Gasteiger partial charge < -0.3 is 10.2 Å². The molecular formula is C21H24N2O2S. The second kappa shape index (κ2) is 7.54. The largest absolute Gasteiger partial charge is 0.324 e. The summed E-state index contributed by atoms with van der Waals surface area (Å²) in [6.07, 6.45) is 0. The van der Waals surface area contributed by atoms with Crippen molar-refractivity contribution in [2.24, 2.45) is 0 Å². The molecular weight excluding hydrogens is 344 g/mol. The van der Waals surface area contributed by atoms with E-state index in [-0.39, 0.29) is 11.8 Å². The predicted octanol–water partition coefficient (Wildman–Crippen LogP) is 4.07. The number of hydrogen-bond acceptors (Lipinski definition) is 3.